The number of hydrogen-bond acceptors (Lipinski definition) is 1. The van der Waals surface area contributed by atoms with Crippen LogP contribution in [0.3, 0.4) is 0 Å². The van der Waals surface area contributed by atoms with Gasteiger partial charge in [-0.1, -0.05) is 0 Å². The number of likely N-dealkylation sites (tertiary alicyclic amines) is 1. The van der Waals surface area contributed by atoms with Crippen LogP contribution in [-0.4, -0.2) is 43.0 Å². The molecule has 0 atom stereocenters. The van der Waals surface area contributed by atoms with Crippen LogP contribution >= 0.6 is 0 Å². The first-order chi connectivity index (χ1) is 6.17. The summed E-state index contributed by atoms with van der Waals surface area (Å²) in [6, 6.07) is 0.367. The second-order valence-electron chi connectivity index (χ2n) is 3.98. The third kappa shape index (κ3) is 2.17. The first kappa shape index (κ1) is 9.34. The summed E-state index contributed by atoms with van der Waals surface area (Å²) in [5, 5.41) is 4.22. The van der Waals surface area contributed by atoms with Crippen LogP contribution in [0.5, 0.6) is 0 Å². The van der Waals surface area contributed by atoms with Gasteiger partial charge in [-0.05, 0) is 12.8 Å². The fraction of sp³-hybridized carbons (Fsp3) is 1.00. The molecule has 13 heavy (non-hydrogen) atoms. The Morgan fingerprint density at radius 1 is 1.23 bits per heavy atom. The van der Waals surface area contributed by atoms with Gasteiger partial charge < -0.3 is 0 Å². The van der Waals surface area contributed by atoms with Gasteiger partial charge in [-0.15, -0.1) is 0 Å². The number of halogens is 2. The van der Waals surface area contributed by atoms with Gasteiger partial charge in [0.1, 0.15) is 0 Å². The Kier molecular flexibility index (Phi) is 2.51. The maximum absolute atomic E-state index is 12.9. The monoisotopic (exact) mass is 189 g/mol. The second kappa shape index (κ2) is 3.50. The van der Waals surface area contributed by atoms with E-state index in [1.807, 2.05) is 4.90 Å². The highest BCUT2D eigenvalue weighted by Gasteiger charge is 2.40. The molecular formula is C9H15F2N2. The maximum Gasteiger partial charge on any atom is 0.261 e. The topological polar surface area (TPSA) is 17.3 Å². The van der Waals surface area contributed by atoms with Gasteiger partial charge in [-0.3, -0.25) is 4.90 Å². The summed E-state index contributed by atoms with van der Waals surface area (Å²) in [4.78, 5) is 1.94. The van der Waals surface area contributed by atoms with E-state index >= 15 is 0 Å². The lowest BCUT2D eigenvalue weighted by Gasteiger charge is -2.30. The first-order valence-corrected chi connectivity index (χ1v) is 4.92. The van der Waals surface area contributed by atoms with Crippen molar-refractivity contribution in [3.05, 3.63) is 0 Å². The molecule has 0 aromatic carbocycles. The standard InChI is InChI=1S/C9H15F2N2/c10-9(11)3-6-13(7-9)8-1-4-12-5-2-8/h8H,1-7H2. The van der Waals surface area contributed by atoms with Gasteiger partial charge in [-0.25, -0.2) is 14.1 Å². The molecular weight excluding hydrogens is 174 g/mol. The molecule has 2 fully saturated rings. The molecule has 0 unspecified atom stereocenters. The zero-order chi connectivity index (χ0) is 9.31. The molecule has 4 heteroatoms. The van der Waals surface area contributed by atoms with Crippen LogP contribution in [0.15, 0.2) is 0 Å². The zero-order valence-electron chi connectivity index (χ0n) is 7.68. The van der Waals surface area contributed by atoms with Gasteiger partial charge in [-0.2, -0.15) is 0 Å². The van der Waals surface area contributed by atoms with E-state index in [-0.39, 0.29) is 13.0 Å². The molecule has 2 rings (SSSR count). The molecule has 2 heterocycles. The largest absolute Gasteiger partial charge is 0.294 e. The molecule has 0 aromatic heterocycles. The molecule has 2 aliphatic heterocycles. The number of rotatable bonds is 1. The molecule has 0 spiro atoms. The smallest absolute Gasteiger partial charge is 0.261 e. The zero-order valence-corrected chi connectivity index (χ0v) is 7.68. The van der Waals surface area contributed by atoms with Gasteiger partial charge in [0.25, 0.3) is 5.92 Å². The van der Waals surface area contributed by atoms with E-state index in [0.717, 1.165) is 25.9 Å². The first-order valence-electron chi connectivity index (χ1n) is 4.92. The van der Waals surface area contributed by atoms with Crippen molar-refractivity contribution >= 4 is 0 Å². The third-order valence-corrected chi connectivity index (χ3v) is 2.96. The molecule has 0 aliphatic carbocycles. The average Bonchev–Trinajstić information content (AvgIpc) is 2.48. The normalized spacial score (nSPS) is 30.9. The van der Waals surface area contributed by atoms with E-state index < -0.39 is 5.92 Å². The highest BCUT2D eigenvalue weighted by Crippen LogP contribution is 2.29. The summed E-state index contributed by atoms with van der Waals surface area (Å²) in [6.45, 7) is 2.24. The Morgan fingerprint density at radius 3 is 2.46 bits per heavy atom. The third-order valence-electron chi connectivity index (χ3n) is 2.96. The van der Waals surface area contributed by atoms with Gasteiger partial charge in [0.05, 0.1) is 6.54 Å². The van der Waals surface area contributed by atoms with Crippen LogP contribution in [0, 0.1) is 0 Å². The Balaban J connectivity index is 1.87. The van der Waals surface area contributed by atoms with Crippen molar-refractivity contribution in [2.75, 3.05) is 26.2 Å². The summed E-state index contributed by atoms with van der Waals surface area (Å²) in [5.74, 6) is -2.44. The fourth-order valence-corrected chi connectivity index (χ4v) is 2.18. The van der Waals surface area contributed by atoms with Crippen LogP contribution in [0.4, 0.5) is 8.78 Å². The molecule has 2 saturated heterocycles. The summed E-state index contributed by atoms with van der Waals surface area (Å²) < 4.78 is 25.8. The Bertz CT molecular complexity index is 178. The molecule has 1 radical (unpaired) electrons. The van der Waals surface area contributed by atoms with Crippen LogP contribution in [-0.2, 0) is 0 Å². The molecule has 75 valence electrons. The molecule has 0 aromatic rings. The molecule has 0 amide bonds. The fourth-order valence-electron chi connectivity index (χ4n) is 2.18. The van der Waals surface area contributed by atoms with Crippen molar-refractivity contribution < 1.29 is 8.78 Å². The van der Waals surface area contributed by atoms with Crippen molar-refractivity contribution in [2.45, 2.75) is 31.2 Å². The van der Waals surface area contributed by atoms with E-state index in [4.69, 9.17) is 0 Å². The number of nitrogens with zero attached hydrogens (tertiary/aromatic N) is 2. The molecule has 2 nitrogen and oxygen atoms in total. The van der Waals surface area contributed by atoms with Crippen LogP contribution in [0.1, 0.15) is 19.3 Å². The van der Waals surface area contributed by atoms with E-state index in [1.165, 1.54) is 0 Å². The summed E-state index contributed by atoms with van der Waals surface area (Å²) >= 11 is 0. The summed E-state index contributed by atoms with van der Waals surface area (Å²) in [5.41, 5.74) is 0. The van der Waals surface area contributed by atoms with E-state index in [9.17, 15) is 8.78 Å². The van der Waals surface area contributed by atoms with E-state index in [2.05, 4.69) is 5.32 Å². The summed E-state index contributed by atoms with van der Waals surface area (Å²) in [7, 11) is 0. The molecule has 0 saturated carbocycles. The quantitative estimate of drug-likeness (QED) is 0.603. The predicted octanol–water partition coefficient (Wildman–Crippen LogP) is 1.09. The lowest BCUT2D eigenvalue weighted by molar-refractivity contribution is 0.00588. The van der Waals surface area contributed by atoms with Crippen molar-refractivity contribution in [1.29, 1.82) is 0 Å². The lowest BCUT2D eigenvalue weighted by Crippen LogP contribution is -2.41. The maximum atomic E-state index is 12.9. The number of hydrogen-bond donors (Lipinski definition) is 0. The molecule has 2 aliphatic rings. The number of alkyl halides is 2. The van der Waals surface area contributed by atoms with Crippen LogP contribution in [0.2, 0.25) is 0 Å². The van der Waals surface area contributed by atoms with Gasteiger partial charge in [0.15, 0.2) is 0 Å². The number of piperidine rings is 1. The van der Waals surface area contributed by atoms with Crippen molar-refractivity contribution in [3.8, 4) is 0 Å². The van der Waals surface area contributed by atoms with Crippen molar-refractivity contribution in [1.82, 2.24) is 10.2 Å². The average molecular weight is 189 g/mol. The van der Waals surface area contributed by atoms with E-state index in [1.54, 1.807) is 0 Å². The highest BCUT2D eigenvalue weighted by molar-refractivity contribution is 4.87. The SMILES string of the molecule is FC1(F)CCN(C2CC[N]CC2)C1. The van der Waals surface area contributed by atoms with Crippen molar-refractivity contribution in [2.24, 2.45) is 0 Å². The second-order valence-corrected chi connectivity index (χ2v) is 3.98. The van der Waals surface area contributed by atoms with Crippen LogP contribution < -0.4 is 5.32 Å². The minimum absolute atomic E-state index is 0.0301. The minimum Gasteiger partial charge on any atom is -0.294 e. The van der Waals surface area contributed by atoms with Gasteiger partial charge >= 0.3 is 0 Å². The molecule has 0 N–H and O–H groups in total. The Labute approximate surface area is 77.3 Å². The van der Waals surface area contributed by atoms with Gasteiger partial charge in [0, 0.05) is 32.1 Å². The lowest BCUT2D eigenvalue weighted by atomic mass is 10.1. The van der Waals surface area contributed by atoms with Crippen molar-refractivity contribution in [3.63, 3.8) is 0 Å². The summed E-state index contributed by atoms with van der Waals surface area (Å²) in [6.07, 6.45) is 1.98. The Hall–Kier alpha value is -0.220. The van der Waals surface area contributed by atoms with E-state index in [0.29, 0.717) is 12.6 Å². The minimum atomic E-state index is -2.44. The molecule has 0 bridgehead atoms. The predicted molar refractivity (Wildman–Crippen MR) is 46.0 cm³/mol. The highest BCUT2D eigenvalue weighted by atomic mass is 19.3. The Morgan fingerprint density at radius 2 is 1.92 bits per heavy atom. The van der Waals surface area contributed by atoms with Gasteiger partial charge in [0.2, 0.25) is 0 Å². The van der Waals surface area contributed by atoms with Crippen LogP contribution in [0.25, 0.3) is 0 Å².